The van der Waals surface area contributed by atoms with E-state index in [1.54, 1.807) is 24.0 Å². The summed E-state index contributed by atoms with van der Waals surface area (Å²) in [5, 5.41) is 0. The molecular weight excluding hydrogens is 398 g/mol. The highest BCUT2D eigenvalue weighted by atomic mass is 79.9. The second kappa shape index (κ2) is 7.91. The summed E-state index contributed by atoms with van der Waals surface area (Å²) < 4.78 is 11.6. The number of halogens is 1. The number of esters is 1. The third-order valence-corrected chi connectivity index (χ3v) is 4.80. The highest BCUT2D eigenvalue weighted by Gasteiger charge is 2.34. The zero-order valence-corrected chi connectivity index (χ0v) is 16.2. The molecule has 0 aliphatic carbocycles. The van der Waals surface area contributed by atoms with Crippen molar-refractivity contribution in [3.8, 4) is 5.75 Å². The van der Waals surface area contributed by atoms with E-state index < -0.39 is 12.1 Å². The predicted molar refractivity (Wildman–Crippen MR) is 102 cm³/mol. The van der Waals surface area contributed by atoms with Crippen LogP contribution in [0.3, 0.4) is 0 Å². The third-order valence-electron chi connectivity index (χ3n) is 4.27. The van der Waals surface area contributed by atoms with E-state index >= 15 is 0 Å². The van der Waals surface area contributed by atoms with E-state index in [1.165, 1.54) is 0 Å². The summed E-state index contributed by atoms with van der Waals surface area (Å²) >= 11 is 3.33. The van der Waals surface area contributed by atoms with E-state index in [9.17, 15) is 9.59 Å². The first-order valence-corrected chi connectivity index (χ1v) is 9.24. The van der Waals surface area contributed by atoms with Crippen molar-refractivity contribution >= 4 is 33.5 Å². The van der Waals surface area contributed by atoms with Gasteiger partial charge in [0.1, 0.15) is 5.75 Å². The van der Waals surface area contributed by atoms with Gasteiger partial charge in [-0.3, -0.25) is 4.79 Å². The lowest BCUT2D eigenvalue weighted by Gasteiger charge is -2.25. The van der Waals surface area contributed by atoms with Crippen LogP contribution in [-0.4, -0.2) is 30.6 Å². The summed E-state index contributed by atoms with van der Waals surface area (Å²) in [5.41, 5.74) is 2.02. The van der Waals surface area contributed by atoms with Crippen molar-refractivity contribution in [3.63, 3.8) is 0 Å². The fraction of sp³-hybridized carbons (Fsp3) is 0.300. The minimum atomic E-state index is -0.871. The Balaban J connectivity index is 1.57. The Kier molecular flexibility index (Phi) is 5.61. The number of hydrogen-bond acceptors (Lipinski definition) is 4. The molecule has 1 aliphatic heterocycles. The summed E-state index contributed by atoms with van der Waals surface area (Å²) in [6, 6.07) is 15.0. The van der Waals surface area contributed by atoms with Gasteiger partial charge in [0.15, 0.2) is 12.7 Å². The summed E-state index contributed by atoms with van der Waals surface area (Å²) in [6.45, 7) is 3.34. The molecule has 0 N–H and O–H groups in total. The van der Waals surface area contributed by atoms with Crippen molar-refractivity contribution in [2.45, 2.75) is 32.4 Å². The predicted octanol–water partition coefficient (Wildman–Crippen LogP) is 3.74. The average molecular weight is 418 g/mol. The maximum absolute atomic E-state index is 12.8. The van der Waals surface area contributed by atoms with E-state index in [4.69, 9.17) is 9.47 Å². The van der Waals surface area contributed by atoms with Gasteiger partial charge >= 0.3 is 5.97 Å². The second-order valence-corrected chi connectivity index (χ2v) is 7.18. The van der Waals surface area contributed by atoms with Gasteiger partial charge in [-0.05, 0) is 56.2 Å². The minimum absolute atomic E-state index is 0.0417. The molecule has 2 aromatic carbocycles. The number of rotatable bonds is 5. The van der Waals surface area contributed by atoms with Crippen molar-refractivity contribution < 1.29 is 19.1 Å². The molecule has 1 aliphatic rings. The number of nitrogens with zero attached hydrogens (tertiary/aromatic N) is 1. The van der Waals surface area contributed by atoms with E-state index in [-0.39, 0.29) is 18.6 Å². The molecule has 0 spiro atoms. The van der Waals surface area contributed by atoms with Crippen molar-refractivity contribution in [2.24, 2.45) is 0 Å². The molecule has 0 unspecified atom stereocenters. The lowest BCUT2D eigenvalue weighted by atomic mass is 10.1. The van der Waals surface area contributed by atoms with Crippen molar-refractivity contribution in [1.29, 1.82) is 0 Å². The van der Waals surface area contributed by atoms with Gasteiger partial charge in [0.25, 0.3) is 5.91 Å². The molecule has 1 heterocycles. The Morgan fingerprint density at radius 1 is 1.19 bits per heavy atom. The summed E-state index contributed by atoms with van der Waals surface area (Å²) in [6.07, 6.45) is -0.0699. The van der Waals surface area contributed by atoms with Gasteiger partial charge in [-0.15, -0.1) is 0 Å². The monoisotopic (exact) mass is 417 g/mol. The zero-order valence-electron chi connectivity index (χ0n) is 14.6. The van der Waals surface area contributed by atoms with Gasteiger partial charge in [-0.25, -0.2) is 4.79 Å². The Bertz CT molecular complexity index is 806. The summed E-state index contributed by atoms with van der Waals surface area (Å²) in [7, 11) is 0. The van der Waals surface area contributed by atoms with E-state index in [1.807, 2.05) is 43.3 Å². The largest absolute Gasteiger partial charge is 0.482 e. The molecule has 136 valence electrons. The van der Waals surface area contributed by atoms with Crippen LogP contribution in [-0.2, 0) is 20.7 Å². The van der Waals surface area contributed by atoms with Crippen LogP contribution < -0.4 is 9.64 Å². The Morgan fingerprint density at radius 3 is 2.62 bits per heavy atom. The van der Waals surface area contributed by atoms with Crippen LogP contribution in [0, 0.1) is 0 Å². The van der Waals surface area contributed by atoms with Gasteiger partial charge in [0, 0.05) is 16.2 Å². The fourth-order valence-corrected chi connectivity index (χ4v) is 3.32. The topological polar surface area (TPSA) is 55.8 Å². The molecule has 0 saturated carbocycles. The van der Waals surface area contributed by atoms with Crippen LogP contribution in [0.1, 0.15) is 19.4 Å². The SMILES string of the molecule is C[C@@H]1Cc2ccccc2N1C(=O)[C@@H](C)OC(=O)COc1ccc(Br)cc1. The minimum Gasteiger partial charge on any atom is -0.482 e. The van der Waals surface area contributed by atoms with Crippen LogP contribution in [0.4, 0.5) is 5.69 Å². The number of ether oxygens (including phenoxy) is 2. The molecule has 0 radical (unpaired) electrons. The molecule has 2 aromatic rings. The Hall–Kier alpha value is -2.34. The van der Waals surface area contributed by atoms with Crippen LogP contribution in [0.25, 0.3) is 0 Å². The number of carbonyl (C=O) groups is 2. The number of carbonyl (C=O) groups excluding carboxylic acids is 2. The Morgan fingerprint density at radius 2 is 1.88 bits per heavy atom. The number of hydrogen-bond donors (Lipinski definition) is 0. The highest BCUT2D eigenvalue weighted by molar-refractivity contribution is 9.10. The molecule has 0 aromatic heterocycles. The van der Waals surface area contributed by atoms with Crippen molar-refractivity contribution in [1.82, 2.24) is 0 Å². The third kappa shape index (κ3) is 4.07. The summed E-state index contributed by atoms with van der Waals surface area (Å²) in [4.78, 5) is 26.5. The van der Waals surface area contributed by atoms with Crippen molar-refractivity contribution in [3.05, 3.63) is 58.6 Å². The maximum Gasteiger partial charge on any atom is 0.344 e. The Labute approximate surface area is 161 Å². The quantitative estimate of drug-likeness (QED) is 0.695. The first-order valence-electron chi connectivity index (χ1n) is 8.44. The van der Waals surface area contributed by atoms with Gasteiger partial charge in [-0.2, -0.15) is 0 Å². The lowest BCUT2D eigenvalue weighted by Crippen LogP contribution is -2.43. The number of fused-ring (bicyclic) bond motifs is 1. The van der Waals surface area contributed by atoms with Crippen LogP contribution >= 0.6 is 15.9 Å². The summed E-state index contributed by atoms with van der Waals surface area (Å²) in [5.74, 6) is -0.237. The molecule has 0 fully saturated rings. The first kappa shape index (κ1) is 18.5. The molecule has 26 heavy (non-hydrogen) atoms. The molecule has 0 saturated heterocycles. The lowest BCUT2D eigenvalue weighted by molar-refractivity contribution is -0.155. The van der Waals surface area contributed by atoms with Crippen LogP contribution in [0.5, 0.6) is 5.75 Å². The highest BCUT2D eigenvalue weighted by Crippen LogP contribution is 2.32. The van der Waals surface area contributed by atoms with E-state index in [2.05, 4.69) is 15.9 Å². The number of anilines is 1. The first-order chi connectivity index (χ1) is 12.5. The van der Waals surface area contributed by atoms with Crippen molar-refractivity contribution in [2.75, 3.05) is 11.5 Å². The molecule has 6 heteroatoms. The van der Waals surface area contributed by atoms with E-state index in [0.29, 0.717) is 5.75 Å². The number of para-hydroxylation sites is 1. The maximum atomic E-state index is 12.8. The van der Waals surface area contributed by atoms with Gasteiger partial charge < -0.3 is 14.4 Å². The molecule has 0 bridgehead atoms. The van der Waals surface area contributed by atoms with Crippen LogP contribution in [0.2, 0.25) is 0 Å². The standard InChI is InChI=1S/C20H20BrNO4/c1-13-11-15-5-3-4-6-18(15)22(13)20(24)14(2)26-19(23)12-25-17-9-7-16(21)8-10-17/h3-10,13-14H,11-12H2,1-2H3/t13-,14-/m1/s1. The van der Waals surface area contributed by atoms with E-state index in [0.717, 1.165) is 22.1 Å². The average Bonchev–Trinajstić information content (AvgIpc) is 2.96. The molecule has 2 atom stereocenters. The normalized spacial score (nSPS) is 16.7. The van der Waals surface area contributed by atoms with Gasteiger partial charge in [0.2, 0.25) is 0 Å². The fourth-order valence-electron chi connectivity index (χ4n) is 3.05. The molecule has 5 nitrogen and oxygen atoms in total. The molecule has 3 rings (SSSR count). The zero-order chi connectivity index (χ0) is 18.7. The molecule has 1 amide bonds. The number of amides is 1. The van der Waals surface area contributed by atoms with Crippen LogP contribution in [0.15, 0.2) is 53.0 Å². The molecular formula is C20H20BrNO4. The smallest absolute Gasteiger partial charge is 0.344 e. The van der Waals surface area contributed by atoms with Gasteiger partial charge in [-0.1, -0.05) is 34.1 Å². The number of benzene rings is 2. The second-order valence-electron chi connectivity index (χ2n) is 6.26. The van der Waals surface area contributed by atoms with Gasteiger partial charge in [0.05, 0.1) is 0 Å².